The molecular weight excluding hydrogens is 679 g/mol. The standard InChI is InChI=1S/C21H25.2C8H9.C5H5.CH2.2ClH.Zr/c1-20(2,3)16-9-7-14-11-15-8-10-17(21(4,5)6)13-19(15)18(14)12-16;2*1-7-3-5-8(2)6-4-7;1-2-4-5-3-1;;;;/h7,9-10,12-13H,11H2,1-6H3;2*3-6H,1H2,2H3;1-3H,4H2;1H2;2*1H;/q4*-1;;;;. The van der Waals surface area contributed by atoms with Crippen molar-refractivity contribution in [3.05, 3.63) is 168 Å². The summed E-state index contributed by atoms with van der Waals surface area (Å²) in [6, 6.07) is 31.3. The fourth-order valence-electron chi connectivity index (χ4n) is 4.50. The van der Waals surface area contributed by atoms with Gasteiger partial charge < -0.3 is 0 Å². The molecule has 0 atom stereocenters. The van der Waals surface area contributed by atoms with Gasteiger partial charge in [-0.1, -0.05) is 87.4 Å². The van der Waals surface area contributed by atoms with Gasteiger partial charge in [0.1, 0.15) is 0 Å². The Bertz CT molecular complexity index is 1360. The summed E-state index contributed by atoms with van der Waals surface area (Å²) < 4.78 is 3.34. The van der Waals surface area contributed by atoms with Crippen LogP contribution < -0.4 is 0 Å². The first kappa shape index (κ1) is 43.4. The summed E-state index contributed by atoms with van der Waals surface area (Å²) in [6.45, 7) is 25.3. The first-order valence-electron chi connectivity index (χ1n) is 15.3. The molecule has 0 fully saturated rings. The predicted molar refractivity (Wildman–Crippen MR) is 205 cm³/mol. The van der Waals surface area contributed by atoms with Gasteiger partial charge in [0.25, 0.3) is 0 Å². The molecule has 0 nitrogen and oxygen atoms in total. The van der Waals surface area contributed by atoms with Gasteiger partial charge in [0.05, 0.1) is 0 Å². The van der Waals surface area contributed by atoms with E-state index in [2.05, 4.69) is 146 Å². The third kappa shape index (κ3) is 14.5. The molecule has 2 aliphatic rings. The molecule has 4 aromatic rings. The maximum absolute atomic E-state index is 3.76. The zero-order valence-corrected chi connectivity index (χ0v) is 33.2. The van der Waals surface area contributed by atoms with Crippen LogP contribution in [0.2, 0.25) is 0 Å². The number of allylic oxidation sites excluding steroid dienone is 4. The number of benzene rings is 4. The van der Waals surface area contributed by atoms with Crippen LogP contribution in [-0.2, 0) is 41.5 Å². The Morgan fingerprint density at radius 1 is 0.674 bits per heavy atom. The Morgan fingerprint density at radius 2 is 1.15 bits per heavy atom. The molecule has 0 spiro atoms. The van der Waals surface area contributed by atoms with Crippen molar-refractivity contribution < 1.29 is 24.2 Å². The average Bonchev–Trinajstić information content (AvgIpc) is 3.68. The molecule has 0 saturated heterocycles. The van der Waals surface area contributed by atoms with Crippen molar-refractivity contribution in [2.24, 2.45) is 0 Å². The van der Waals surface area contributed by atoms with Crippen LogP contribution in [0.4, 0.5) is 0 Å². The molecule has 2 aliphatic carbocycles. The molecule has 246 valence electrons. The van der Waals surface area contributed by atoms with Crippen molar-refractivity contribution in [2.45, 2.75) is 79.1 Å². The maximum atomic E-state index is 3.76. The van der Waals surface area contributed by atoms with E-state index >= 15 is 0 Å². The third-order valence-corrected chi connectivity index (χ3v) is 7.35. The normalized spacial score (nSPS) is 11.5. The number of rotatable bonds is 0. The summed E-state index contributed by atoms with van der Waals surface area (Å²) in [5, 5.41) is 0. The molecule has 3 heteroatoms. The quantitative estimate of drug-likeness (QED) is 0.139. The van der Waals surface area contributed by atoms with E-state index in [1.54, 1.807) is 0 Å². The van der Waals surface area contributed by atoms with Crippen LogP contribution in [0.3, 0.4) is 0 Å². The van der Waals surface area contributed by atoms with E-state index in [0.717, 1.165) is 24.0 Å². The first-order valence-corrected chi connectivity index (χ1v) is 17.0. The molecule has 0 N–H and O–H groups in total. The number of hydrogen-bond acceptors (Lipinski definition) is 0. The van der Waals surface area contributed by atoms with Gasteiger partial charge in [-0.15, -0.1) is 61.1 Å². The first-order chi connectivity index (χ1) is 20.7. The molecule has 46 heavy (non-hydrogen) atoms. The summed E-state index contributed by atoms with van der Waals surface area (Å²) in [4.78, 5) is 0. The van der Waals surface area contributed by atoms with E-state index < -0.39 is 0 Å². The Balaban J connectivity index is 0.000000669. The SMILES string of the molecule is CC(C)(C)c1c[c-]c2c(c1)-c1cc(C(C)(C)C)ccc1C2.Cl.Cl.[C-]1=CC=CC1.[CH2-]c1ccc(C)cc1.[CH2-]c1ccc(C)cc1.[CH2]=[Zr]. The minimum atomic E-state index is 0. The van der Waals surface area contributed by atoms with Crippen LogP contribution in [0.1, 0.15) is 92.5 Å². The molecular formula is C43H52Cl2Zr-4. The van der Waals surface area contributed by atoms with Crippen LogP contribution in [-0.4, -0.2) is 4.21 Å². The Hall–Kier alpha value is -2.57. The fraction of sp³-hybridized carbons (Fsp3) is 0.279. The van der Waals surface area contributed by atoms with Crippen molar-refractivity contribution in [1.82, 2.24) is 0 Å². The van der Waals surface area contributed by atoms with Crippen LogP contribution in [0.5, 0.6) is 0 Å². The van der Waals surface area contributed by atoms with Crippen molar-refractivity contribution in [1.29, 1.82) is 0 Å². The second-order valence-corrected chi connectivity index (χ2v) is 13.3. The van der Waals surface area contributed by atoms with Gasteiger partial charge in [-0.25, -0.2) is 12.2 Å². The summed E-state index contributed by atoms with van der Waals surface area (Å²) >= 11 is 1.30. The van der Waals surface area contributed by atoms with E-state index in [0.29, 0.717) is 0 Å². The number of hydrogen-bond donors (Lipinski definition) is 0. The molecule has 0 aliphatic heterocycles. The molecule has 0 aromatic heterocycles. The van der Waals surface area contributed by atoms with Crippen LogP contribution in [0.15, 0.2) is 97.1 Å². The Kier molecular flexibility index (Phi) is 19.5. The average molecular weight is 731 g/mol. The van der Waals surface area contributed by atoms with Crippen molar-refractivity contribution in [2.75, 3.05) is 0 Å². The zero-order chi connectivity index (χ0) is 32.9. The Morgan fingerprint density at radius 3 is 1.52 bits per heavy atom. The van der Waals surface area contributed by atoms with Gasteiger partial charge in [-0.05, 0) is 31.2 Å². The van der Waals surface area contributed by atoms with Gasteiger partial charge in [0, 0.05) is 0 Å². The number of halogens is 2. The van der Waals surface area contributed by atoms with E-state index in [1.165, 1.54) is 68.7 Å². The minimum absolute atomic E-state index is 0. The fourth-order valence-corrected chi connectivity index (χ4v) is 4.50. The molecule has 6 rings (SSSR count). The summed E-state index contributed by atoms with van der Waals surface area (Å²) in [6.07, 6.45) is 11.0. The predicted octanol–water partition coefficient (Wildman–Crippen LogP) is 12.1. The van der Waals surface area contributed by atoms with Crippen molar-refractivity contribution in [3.8, 4) is 11.1 Å². The number of aryl methyl sites for hydroxylation is 2. The molecule has 0 unspecified atom stereocenters. The van der Waals surface area contributed by atoms with Crippen LogP contribution in [0.25, 0.3) is 11.1 Å². The van der Waals surface area contributed by atoms with E-state index in [9.17, 15) is 0 Å². The second kappa shape index (κ2) is 20.6. The van der Waals surface area contributed by atoms with Crippen LogP contribution >= 0.6 is 24.8 Å². The molecule has 0 heterocycles. The summed E-state index contributed by atoms with van der Waals surface area (Å²) in [5.41, 5.74) is 13.5. The van der Waals surface area contributed by atoms with E-state index in [1.807, 2.05) is 36.4 Å². The molecule has 0 bridgehead atoms. The zero-order valence-electron chi connectivity index (χ0n) is 29.1. The van der Waals surface area contributed by atoms with Gasteiger partial charge in [0.15, 0.2) is 0 Å². The van der Waals surface area contributed by atoms with Gasteiger partial charge in [0.2, 0.25) is 0 Å². The third-order valence-electron chi connectivity index (χ3n) is 7.35. The second-order valence-electron chi connectivity index (χ2n) is 13.3. The van der Waals surface area contributed by atoms with Crippen LogP contribution in [0, 0.1) is 39.8 Å². The molecule has 4 aromatic carbocycles. The van der Waals surface area contributed by atoms with Gasteiger partial charge in [-0.3, -0.25) is 6.08 Å². The molecule has 0 saturated carbocycles. The topological polar surface area (TPSA) is 0 Å². The molecule has 0 radical (unpaired) electrons. The van der Waals surface area contributed by atoms with E-state index in [4.69, 9.17) is 0 Å². The summed E-state index contributed by atoms with van der Waals surface area (Å²) in [5.74, 6) is 0. The number of fused-ring (bicyclic) bond motifs is 3. The molecule has 0 amide bonds. The van der Waals surface area contributed by atoms with E-state index in [-0.39, 0.29) is 35.6 Å². The van der Waals surface area contributed by atoms with Crippen molar-refractivity contribution >= 4 is 29.0 Å². The van der Waals surface area contributed by atoms with Gasteiger partial charge in [-0.2, -0.15) is 84.6 Å². The monoisotopic (exact) mass is 728 g/mol. The summed E-state index contributed by atoms with van der Waals surface area (Å²) in [7, 11) is 0. The Labute approximate surface area is 309 Å². The van der Waals surface area contributed by atoms with Gasteiger partial charge >= 0.3 is 28.4 Å². The van der Waals surface area contributed by atoms with Crippen molar-refractivity contribution in [3.63, 3.8) is 0 Å².